The Hall–Kier alpha value is -0.220. The Morgan fingerprint density at radius 3 is 2.82 bits per heavy atom. The zero-order chi connectivity index (χ0) is 12.7. The minimum Gasteiger partial charge on any atom is -0.351 e. The first kappa shape index (κ1) is 14.8. The first-order valence-electron chi connectivity index (χ1n) is 6.78. The lowest BCUT2D eigenvalue weighted by Crippen LogP contribution is -2.55. The molecular formula is C13H26N2OS. The zero-order valence-corrected chi connectivity index (χ0v) is 12.2. The van der Waals surface area contributed by atoms with Gasteiger partial charge in [-0.05, 0) is 38.5 Å². The van der Waals surface area contributed by atoms with E-state index in [2.05, 4.69) is 31.4 Å². The summed E-state index contributed by atoms with van der Waals surface area (Å²) in [6, 6.07) is 0.267. The van der Waals surface area contributed by atoms with Gasteiger partial charge in [0.2, 0.25) is 5.91 Å². The summed E-state index contributed by atoms with van der Waals surface area (Å²) in [5.41, 5.74) is -0.278. The molecule has 1 saturated heterocycles. The predicted octanol–water partition coefficient (Wildman–Crippen LogP) is 2.17. The molecule has 0 saturated carbocycles. The third-order valence-corrected chi connectivity index (χ3v) is 4.45. The third kappa shape index (κ3) is 4.18. The summed E-state index contributed by atoms with van der Waals surface area (Å²) in [6.45, 7) is 7.36. The summed E-state index contributed by atoms with van der Waals surface area (Å²) in [4.78, 5) is 12.3. The number of carbonyl (C=O) groups excluding carboxylic acids is 1. The SMILES string of the molecule is CCCC1(C(=O)NC(C)CSCC)CCCN1. The van der Waals surface area contributed by atoms with Crippen molar-refractivity contribution in [3.05, 3.63) is 0 Å². The van der Waals surface area contributed by atoms with Gasteiger partial charge in [0, 0.05) is 11.8 Å². The van der Waals surface area contributed by atoms with E-state index in [0.717, 1.165) is 43.7 Å². The Bertz CT molecular complexity index is 240. The van der Waals surface area contributed by atoms with Crippen molar-refractivity contribution in [2.24, 2.45) is 0 Å². The second-order valence-electron chi connectivity index (χ2n) is 4.90. The van der Waals surface area contributed by atoms with Crippen LogP contribution < -0.4 is 10.6 Å². The van der Waals surface area contributed by atoms with Crippen molar-refractivity contribution in [3.63, 3.8) is 0 Å². The van der Waals surface area contributed by atoms with Gasteiger partial charge in [-0.25, -0.2) is 0 Å². The maximum Gasteiger partial charge on any atom is 0.240 e. The minimum atomic E-state index is -0.278. The van der Waals surface area contributed by atoms with Gasteiger partial charge in [0.1, 0.15) is 0 Å². The molecule has 1 aliphatic rings. The van der Waals surface area contributed by atoms with E-state index in [-0.39, 0.29) is 17.5 Å². The highest BCUT2D eigenvalue weighted by molar-refractivity contribution is 7.99. The van der Waals surface area contributed by atoms with Gasteiger partial charge in [-0.1, -0.05) is 20.3 Å². The van der Waals surface area contributed by atoms with Gasteiger partial charge in [0.25, 0.3) is 0 Å². The van der Waals surface area contributed by atoms with E-state index in [1.54, 1.807) is 0 Å². The molecule has 0 spiro atoms. The Balaban J connectivity index is 2.48. The number of thioether (sulfide) groups is 1. The third-order valence-electron chi connectivity index (χ3n) is 3.30. The fraction of sp³-hybridized carbons (Fsp3) is 0.923. The van der Waals surface area contributed by atoms with E-state index in [1.807, 2.05) is 11.8 Å². The van der Waals surface area contributed by atoms with Gasteiger partial charge >= 0.3 is 0 Å². The quantitative estimate of drug-likeness (QED) is 0.735. The molecule has 4 heteroatoms. The predicted molar refractivity (Wildman–Crippen MR) is 75.5 cm³/mol. The fourth-order valence-corrected chi connectivity index (χ4v) is 3.12. The molecule has 3 nitrogen and oxygen atoms in total. The molecule has 1 aliphatic heterocycles. The van der Waals surface area contributed by atoms with Gasteiger partial charge in [0.15, 0.2) is 0 Å². The van der Waals surface area contributed by atoms with Crippen LogP contribution >= 0.6 is 11.8 Å². The van der Waals surface area contributed by atoms with E-state index in [1.165, 1.54) is 0 Å². The lowest BCUT2D eigenvalue weighted by molar-refractivity contribution is -0.127. The molecule has 2 unspecified atom stereocenters. The molecule has 1 rings (SSSR count). The molecule has 0 aromatic heterocycles. The van der Waals surface area contributed by atoms with Crippen LogP contribution in [-0.4, -0.2) is 35.5 Å². The van der Waals surface area contributed by atoms with Crippen LogP contribution in [-0.2, 0) is 4.79 Å². The lowest BCUT2D eigenvalue weighted by atomic mass is 9.90. The van der Waals surface area contributed by atoms with Crippen LogP contribution in [0.4, 0.5) is 0 Å². The van der Waals surface area contributed by atoms with Crippen LogP contribution in [0.3, 0.4) is 0 Å². The molecule has 0 aromatic carbocycles. The normalized spacial score (nSPS) is 25.8. The van der Waals surface area contributed by atoms with E-state index in [9.17, 15) is 4.79 Å². The zero-order valence-electron chi connectivity index (χ0n) is 11.3. The number of hydrogen-bond acceptors (Lipinski definition) is 3. The number of carbonyl (C=O) groups is 1. The van der Waals surface area contributed by atoms with Crippen molar-refractivity contribution in [1.82, 2.24) is 10.6 Å². The highest BCUT2D eigenvalue weighted by Gasteiger charge is 2.40. The Kier molecular flexibility index (Phi) is 6.34. The Labute approximate surface area is 109 Å². The average Bonchev–Trinajstić information content (AvgIpc) is 2.76. The molecule has 2 atom stereocenters. The van der Waals surface area contributed by atoms with Crippen molar-refractivity contribution in [3.8, 4) is 0 Å². The molecule has 1 amide bonds. The minimum absolute atomic E-state index is 0.209. The van der Waals surface area contributed by atoms with Gasteiger partial charge < -0.3 is 10.6 Å². The molecule has 0 radical (unpaired) electrons. The van der Waals surface area contributed by atoms with Gasteiger partial charge in [0.05, 0.1) is 5.54 Å². The van der Waals surface area contributed by atoms with Crippen LogP contribution in [0.2, 0.25) is 0 Å². The smallest absolute Gasteiger partial charge is 0.240 e. The summed E-state index contributed by atoms with van der Waals surface area (Å²) < 4.78 is 0. The van der Waals surface area contributed by atoms with E-state index in [0.29, 0.717) is 0 Å². The fourth-order valence-electron chi connectivity index (χ4n) is 2.45. The van der Waals surface area contributed by atoms with Crippen LogP contribution in [0.25, 0.3) is 0 Å². The van der Waals surface area contributed by atoms with Crippen molar-refractivity contribution < 1.29 is 4.79 Å². The molecule has 100 valence electrons. The second kappa shape index (κ2) is 7.27. The van der Waals surface area contributed by atoms with Crippen molar-refractivity contribution in [1.29, 1.82) is 0 Å². The molecule has 1 fully saturated rings. The number of amides is 1. The summed E-state index contributed by atoms with van der Waals surface area (Å²) in [5, 5.41) is 6.57. The number of hydrogen-bond donors (Lipinski definition) is 2. The first-order valence-corrected chi connectivity index (χ1v) is 7.94. The second-order valence-corrected chi connectivity index (χ2v) is 6.22. The van der Waals surface area contributed by atoms with Gasteiger partial charge in [-0.15, -0.1) is 0 Å². The molecule has 0 bridgehead atoms. The molecule has 2 N–H and O–H groups in total. The van der Waals surface area contributed by atoms with Crippen LogP contribution in [0.1, 0.15) is 46.5 Å². The van der Waals surface area contributed by atoms with Crippen molar-refractivity contribution in [2.45, 2.75) is 58.0 Å². The molecule has 0 aromatic rings. The highest BCUT2D eigenvalue weighted by Crippen LogP contribution is 2.25. The number of nitrogens with one attached hydrogen (secondary N) is 2. The molecular weight excluding hydrogens is 232 g/mol. The molecule has 1 heterocycles. The summed E-state index contributed by atoms with van der Waals surface area (Å²) in [6.07, 6.45) is 4.11. The van der Waals surface area contributed by atoms with Crippen molar-refractivity contribution in [2.75, 3.05) is 18.1 Å². The topological polar surface area (TPSA) is 41.1 Å². The molecule has 17 heavy (non-hydrogen) atoms. The Morgan fingerprint density at radius 1 is 1.53 bits per heavy atom. The summed E-state index contributed by atoms with van der Waals surface area (Å²) in [5.74, 6) is 2.32. The van der Waals surface area contributed by atoms with Crippen LogP contribution in [0, 0.1) is 0 Å². The standard InChI is InChI=1S/C13H26N2OS/c1-4-7-13(8-6-9-14-13)12(16)15-11(3)10-17-5-2/h11,14H,4-10H2,1-3H3,(H,15,16). The average molecular weight is 258 g/mol. The van der Waals surface area contributed by atoms with Gasteiger partial charge in [-0.2, -0.15) is 11.8 Å². The lowest BCUT2D eigenvalue weighted by Gasteiger charge is -2.29. The largest absolute Gasteiger partial charge is 0.351 e. The monoisotopic (exact) mass is 258 g/mol. The maximum atomic E-state index is 12.3. The van der Waals surface area contributed by atoms with E-state index < -0.39 is 0 Å². The van der Waals surface area contributed by atoms with Gasteiger partial charge in [-0.3, -0.25) is 4.79 Å². The summed E-state index contributed by atoms with van der Waals surface area (Å²) in [7, 11) is 0. The van der Waals surface area contributed by atoms with Crippen LogP contribution in [0.5, 0.6) is 0 Å². The van der Waals surface area contributed by atoms with Crippen LogP contribution in [0.15, 0.2) is 0 Å². The number of rotatable bonds is 7. The van der Waals surface area contributed by atoms with E-state index >= 15 is 0 Å². The molecule has 0 aliphatic carbocycles. The first-order chi connectivity index (χ1) is 8.14. The Morgan fingerprint density at radius 2 is 2.29 bits per heavy atom. The van der Waals surface area contributed by atoms with E-state index in [4.69, 9.17) is 0 Å². The summed E-state index contributed by atoms with van der Waals surface area (Å²) >= 11 is 1.88. The van der Waals surface area contributed by atoms with Crippen molar-refractivity contribution >= 4 is 17.7 Å². The maximum absolute atomic E-state index is 12.3. The highest BCUT2D eigenvalue weighted by atomic mass is 32.2.